The van der Waals surface area contributed by atoms with Gasteiger partial charge in [0.15, 0.2) is 0 Å². The van der Waals surface area contributed by atoms with Crippen molar-refractivity contribution in [2.75, 3.05) is 7.11 Å². The number of methoxy groups -OCH3 is 1. The van der Waals surface area contributed by atoms with Crippen molar-refractivity contribution in [3.05, 3.63) is 35.9 Å². The molecular weight excluding hydrogens is 249 g/mol. The van der Waals surface area contributed by atoms with Gasteiger partial charge in [0.2, 0.25) is 0 Å². The lowest BCUT2D eigenvalue weighted by atomic mass is 10.2. The number of carbonyl (C=O) groups is 1. The van der Waals surface area contributed by atoms with Crippen LogP contribution in [0.15, 0.2) is 30.3 Å². The highest BCUT2D eigenvalue weighted by molar-refractivity contribution is 5.72. The summed E-state index contributed by atoms with van der Waals surface area (Å²) in [7, 11) is 1.23. The molecule has 1 aromatic carbocycles. The number of halogens is 3. The molecule has 0 aliphatic rings. The van der Waals surface area contributed by atoms with Crippen molar-refractivity contribution in [3.63, 3.8) is 0 Å². The van der Waals surface area contributed by atoms with E-state index >= 15 is 0 Å². The molecule has 0 heterocycles. The summed E-state index contributed by atoms with van der Waals surface area (Å²) in [6.45, 7) is 0. The normalized spacial score (nSPS) is 11.6. The van der Waals surface area contributed by atoms with Gasteiger partial charge >= 0.3 is 12.3 Å². The predicted molar refractivity (Wildman–Crippen MR) is 58.8 cm³/mol. The molecule has 0 saturated heterocycles. The molecule has 0 aromatic heterocycles. The van der Waals surface area contributed by atoms with Crippen LogP contribution in [-0.4, -0.2) is 19.4 Å². The lowest BCUT2D eigenvalue weighted by Crippen LogP contribution is -2.17. The average molecular weight is 260 g/mol. The Bertz CT molecular complexity index is 438. The highest BCUT2D eigenvalue weighted by Crippen LogP contribution is 2.27. The molecule has 0 radical (unpaired) electrons. The van der Waals surface area contributed by atoms with Crippen LogP contribution in [-0.2, 0) is 9.53 Å². The highest BCUT2D eigenvalue weighted by atomic mass is 19.4. The molecule has 0 aliphatic carbocycles. The van der Waals surface area contributed by atoms with Crippen molar-refractivity contribution in [1.82, 2.24) is 0 Å². The second kappa shape index (κ2) is 6.09. The fourth-order valence-corrected chi connectivity index (χ4v) is 1.20. The molecule has 0 fully saturated rings. The summed E-state index contributed by atoms with van der Waals surface area (Å²) in [6, 6.07) is 5.65. The maximum atomic E-state index is 12.1. The fourth-order valence-electron chi connectivity index (χ4n) is 1.20. The number of alkyl halides is 3. The molecule has 1 rings (SSSR count). The van der Waals surface area contributed by atoms with Crippen LogP contribution in [0.5, 0.6) is 5.75 Å². The first-order valence-corrected chi connectivity index (χ1v) is 5.00. The number of carbonyl (C=O) groups excluding carboxylic acids is 1. The van der Waals surface area contributed by atoms with Crippen molar-refractivity contribution < 1.29 is 27.4 Å². The van der Waals surface area contributed by atoms with E-state index in [2.05, 4.69) is 9.47 Å². The zero-order chi connectivity index (χ0) is 13.6. The molecule has 3 nitrogen and oxygen atoms in total. The number of benzene rings is 1. The average Bonchev–Trinajstić information content (AvgIpc) is 2.29. The van der Waals surface area contributed by atoms with Gasteiger partial charge in [-0.3, -0.25) is 4.79 Å². The van der Waals surface area contributed by atoms with Crippen LogP contribution in [0, 0.1) is 0 Å². The van der Waals surface area contributed by atoms with Crippen LogP contribution in [0.4, 0.5) is 13.2 Å². The Labute approximate surface area is 102 Å². The summed E-state index contributed by atoms with van der Waals surface area (Å²) < 4.78 is 44.6. The van der Waals surface area contributed by atoms with Crippen molar-refractivity contribution in [1.29, 1.82) is 0 Å². The zero-order valence-electron chi connectivity index (χ0n) is 9.53. The molecule has 18 heavy (non-hydrogen) atoms. The second-order valence-electron chi connectivity index (χ2n) is 3.27. The Morgan fingerprint density at radius 2 is 2.00 bits per heavy atom. The van der Waals surface area contributed by atoms with Crippen LogP contribution in [0.3, 0.4) is 0 Å². The summed E-state index contributed by atoms with van der Waals surface area (Å²) in [6.07, 6.45) is -1.98. The van der Waals surface area contributed by atoms with E-state index in [1.807, 2.05) is 0 Å². The molecule has 0 spiro atoms. The van der Waals surface area contributed by atoms with E-state index in [0.717, 1.165) is 0 Å². The summed E-state index contributed by atoms with van der Waals surface area (Å²) in [5.41, 5.74) is 0.235. The summed E-state index contributed by atoms with van der Waals surface area (Å²) >= 11 is 0. The highest BCUT2D eigenvalue weighted by Gasteiger charge is 2.31. The minimum absolute atomic E-state index is 0.0170. The van der Waals surface area contributed by atoms with Crippen molar-refractivity contribution in [3.8, 4) is 5.75 Å². The molecule has 6 heteroatoms. The maximum Gasteiger partial charge on any atom is 0.573 e. The van der Waals surface area contributed by atoms with E-state index in [4.69, 9.17) is 0 Å². The summed E-state index contributed by atoms with van der Waals surface area (Å²) in [5.74, 6) is -0.786. The van der Waals surface area contributed by atoms with E-state index < -0.39 is 12.3 Å². The quantitative estimate of drug-likeness (QED) is 0.780. The van der Waals surface area contributed by atoms with Crippen LogP contribution in [0.2, 0.25) is 0 Å². The third-order valence-electron chi connectivity index (χ3n) is 1.95. The van der Waals surface area contributed by atoms with Crippen molar-refractivity contribution >= 4 is 12.0 Å². The van der Waals surface area contributed by atoms with Crippen LogP contribution in [0.25, 0.3) is 6.08 Å². The lowest BCUT2D eigenvalue weighted by Gasteiger charge is -2.10. The minimum atomic E-state index is -4.74. The molecular formula is C12H11F3O3. The van der Waals surface area contributed by atoms with E-state index in [1.54, 1.807) is 6.07 Å². The molecule has 0 saturated carbocycles. The van der Waals surface area contributed by atoms with Gasteiger partial charge in [-0.15, -0.1) is 13.2 Å². The lowest BCUT2D eigenvalue weighted by molar-refractivity contribution is -0.274. The Balaban J connectivity index is 2.79. The monoisotopic (exact) mass is 260 g/mol. The standard InChI is InChI=1S/C12H11F3O3/c1-17-11(16)8-4-6-9-5-2-3-7-10(9)18-12(13,14)15/h2-7H,8H2,1H3. The van der Waals surface area contributed by atoms with E-state index in [0.29, 0.717) is 0 Å². The van der Waals surface area contributed by atoms with Crippen LogP contribution >= 0.6 is 0 Å². The third kappa shape index (κ3) is 4.90. The Kier molecular flexibility index (Phi) is 4.76. The molecule has 1 aromatic rings. The largest absolute Gasteiger partial charge is 0.573 e. The Morgan fingerprint density at radius 1 is 1.33 bits per heavy atom. The Morgan fingerprint density at radius 3 is 2.61 bits per heavy atom. The number of para-hydroxylation sites is 1. The van der Waals surface area contributed by atoms with E-state index in [-0.39, 0.29) is 17.7 Å². The summed E-state index contributed by atoms with van der Waals surface area (Å²) in [5, 5.41) is 0. The van der Waals surface area contributed by atoms with E-state index in [1.165, 1.54) is 37.5 Å². The molecule has 0 aliphatic heterocycles. The number of rotatable bonds is 4. The third-order valence-corrected chi connectivity index (χ3v) is 1.95. The first kappa shape index (κ1) is 14.1. The number of esters is 1. The topological polar surface area (TPSA) is 35.5 Å². The van der Waals surface area contributed by atoms with Crippen molar-refractivity contribution in [2.24, 2.45) is 0 Å². The molecule has 0 N–H and O–H groups in total. The van der Waals surface area contributed by atoms with Gasteiger partial charge in [-0.25, -0.2) is 0 Å². The van der Waals surface area contributed by atoms with Gasteiger partial charge < -0.3 is 9.47 Å². The maximum absolute atomic E-state index is 12.1. The molecule has 0 amide bonds. The van der Waals surface area contributed by atoms with Crippen LogP contribution in [0.1, 0.15) is 12.0 Å². The first-order chi connectivity index (χ1) is 8.42. The van der Waals surface area contributed by atoms with Crippen LogP contribution < -0.4 is 4.74 Å². The molecule has 0 bridgehead atoms. The zero-order valence-corrected chi connectivity index (χ0v) is 9.53. The number of hydrogen-bond acceptors (Lipinski definition) is 3. The number of ether oxygens (including phenoxy) is 2. The fraction of sp³-hybridized carbons (Fsp3) is 0.250. The molecule has 0 unspecified atom stereocenters. The number of hydrogen-bond donors (Lipinski definition) is 0. The second-order valence-corrected chi connectivity index (χ2v) is 3.27. The summed E-state index contributed by atoms with van der Waals surface area (Å²) in [4.78, 5) is 10.8. The minimum Gasteiger partial charge on any atom is -0.469 e. The SMILES string of the molecule is COC(=O)CC=Cc1ccccc1OC(F)(F)F. The Hall–Kier alpha value is -1.98. The molecule has 0 atom stereocenters. The van der Waals surface area contributed by atoms with Gasteiger partial charge in [0, 0.05) is 5.56 Å². The van der Waals surface area contributed by atoms with Gasteiger partial charge in [0.05, 0.1) is 13.5 Å². The smallest absolute Gasteiger partial charge is 0.469 e. The first-order valence-electron chi connectivity index (χ1n) is 5.00. The van der Waals surface area contributed by atoms with Crippen molar-refractivity contribution in [2.45, 2.75) is 12.8 Å². The van der Waals surface area contributed by atoms with Gasteiger partial charge in [-0.1, -0.05) is 30.4 Å². The van der Waals surface area contributed by atoms with Gasteiger partial charge in [0.25, 0.3) is 0 Å². The van der Waals surface area contributed by atoms with Gasteiger partial charge in [-0.05, 0) is 6.07 Å². The van der Waals surface area contributed by atoms with Gasteiger partial charge in [0.1, 0.15) is 5.75 Å². The van der Waals surface area contributed by atoms with E-state index in [9.17, 15) is 18.0 Å². The molecule has 98 valence electrons. The van der Waals surface area contributed by atoms with Gasteiger partial charge in [-0.2, -0.15) is 0 Å². The predicted octanol–water partition coefficient (Wildman–Crippen LogP) is 3.16.